The zero-order valence-electron chi connectivity index (χ0n) is 21.7. The van der Waals surface area contributed by atoms with Crippen LogP contribution in [-0.4, -0.2) is 28.9 Å². The molecule has 0 spiro atoms. The number of carboxylic acids is 1. The van der Waals surface area contributed by atoms with Crippen LogP contribution in [0.3, 0.4) is 0 Å². The van der Waals surface area contributed by atoms with Crippen LogP contribution >= 0.6 is 0 Å². The molecule has 2 aromatic carbocycles. The third kappa shape index (κ3) is 5.80. The van der Waals surface area contributed by atoms with Crippen LogP contribution in [0.1, 0.15) is 88.2 Å². The first-order chi connectivity index (χ1) is 18.1. The molecule has 2 aromatic rings. The summed E-state index contributed by atoms with van der Waals surface area (Å²) in [6, 6.07) is 9.66. The highest BCUT2D eigenvalue weighted by molar-refractivity contribution is 5.88. The molecule has 208 valence electrons. The highest BCUT2D eigenvalue weighted by Gasteiger charge is 2.48. The number of aliphatic carboxylic acids is 1. The first-order valence-electron chi connectivity index (χ1n) is 13.9. The molecule has 2 bridgehead atoms. The molecule has 4 nitrogen and oxygen atoms in total. The van der Waals surface area contributed by atoms with Crippen molar-refractivity contribution in [1.82, 2.24) is 5.32 Å². The number of rotatable bonds is 9. The summed E-state index contributed by atoms with van der Waals surface area (Å²) in [5, 5.41) is 14.6. The van der Waals surface area contributed by atoms with E-state index in [1.165, 1.54) is 0 Å². The van der Waals surface area contributed by atoms with Gasteiger partial charge in [0, 0.05) is 24.1 Å². The maximum atomic E-state index is 14.1. The fourth-order valence-corrected chi connectivity index (χ4v) is 7.03. The van der Waals surface area contributed by atoms with Gasteiger partial charge in [-0.05, 0) is 105 Å². The molecule has 8 heteroatoms. The van der Waals surface area contributed by atoms with Crippen LogP contribution in [0.15, 0.2) is 30.3 Å². The number of halogens is 4. The second-order valence-electron chi connectivity index (χ2n) is 11.9. The Bertz CT molecular complexity index is 1130. The van der Waals surface area contributed by atoms with Crippen LogP contribution in [0.2, 0.25) is 0 Å². The first-order valence-corrected chi connectivity index (χ1v) is 13.9. The Morgan fingerprint density at radius 3 is 2.29 bits per heavy atom. The lowest BCUT2D eigenvalue weighted by atomic mass is 9.56. The molecule has 4 aliphatic carbocycles. The molecule has 0 saturated heterocycles. The summed E-state index contributed by atoms with van der Waals surface area (Å²) in [5.41, 5.74) is 1.87. The van der Waals surface area contributed by atoms with Gasteiger partial charge in [-0.15, -0.1) is 0 Å². The van der Waals surface area contributed by atoms with Gasteiger partial charge in [0.1, 0.15) is 12.4 Å². The number of hydrogen-bond acceptors (Lipinski definition) is 3. The summed E-state index contributed by atoms with van der Waals surface area (Å²) in [6.45, 7) is 0.0125. The van der Waals surface area contributed by atoms with Crippen molar-refractivity contribution in [3.8, 4) is 5.75 Å². The molecule has 0 amide bonds. The van der Waals surface area contributed by atoms with Gasteiger partial charge in [-0.25, -0.2) is 4.39 Å². The number of fused-ring (bicyclic) bond motifs is 4. The molecule has 4 aliphatic rings. The van der Waals surface area contributed by atoms with Gasteiger partial charge < -0.3 is 15.2 Å². The van der Waals surface area contributed by atoms with Crippen molar-refractivity contribution >= 4 is 16.7 Å². The minimum atomic E-state index is -4.16. The van der Waals surface area contributed by atoms with E-state index in [9.17, 15) is 22.4 Å². The van der Waals surface area contributed by atoms with Gasteiger partial charge in [0.2, 0.25) is 0 Å². The maximum Gasteiger partial charge on any atom is 0.391 e. The van der Waals surface area contributed by atoms with E-state index in [0.29, 0.717) is 30.7 Å². The zero-order chi connectivity index (χ0) is 27.0. The smallest absolute Gasteiger partial charge is 0.391 e. The van der Waals surface area contributed by atoms with Gasteiger partial charge >= 0.3 is 12.1 Å². The normalized spacial score (nSPS) is 29.5. The number of nitrogens with one attached hydrogen (secondary N) is 1. The monoisotopic (exact) mass is 535 g/mol. The van der Waals surface area contributed by atoms with Gasteiger partial charge in [0.15, 0.2) is 0 Å². The van der Waals surface area contributed by atoms with Gasteiger partial charge in [0.05, 0.1) is 12.0 Å². The summed E-state index contributed by atoms with van der Waals surface area (Å²) in [5.74, 6) is -1.55. The van der Waals surface area contributed by atoms with Crippen molar-refractivity contribution in [1.29, 1.82) is 0 Å². The second-order valence-corrected chi connectivity index (χ2v) is 11.9. The minimum Gasteiger partial charge on any atom is -0.490 e. The quantitative estimate of drug-likeness (QED) is 0.321. The predicted octanol–water partition coefficient (Wildman–Crippen LogP) is 7.86. The number of alkyl halides is 4. The molecule has 0 heterocycles. The molecule has 0 aliphatic heterocycles. The molecule has 2 N–H and O–H groups in total. The maximum absolute atomic E-state index is 14.1. The van der Waals surface area contributed by atoms with E-state index in [0.717, 1.165) is 61.3 Å². The Morgan fingerprint density at radius 1 is 1.00 bits per heavy atom. The first kappa shape index (κ1) is 27.2. The average molecular weight is 536 g/mol. The van der Waals surface area contributed by atoms with Crippen LogP contribution in [-0.2, 0) is 18.0 Å². The molecule has 0 radical (unpaired) electrons. The van der Waals surface area contributed by atoms with E-state index in [2.05, 4.69) is 11.4 Å². The van der Waals surface area contributed by atoms with Gasteiger partial charge in [0.25, 0.3) is 0 Å². The molecule has 4 fully saturated rings. The standard InChI is InChI=1S/C30H37F4NO3/c31-18-25-24-7-1-20(19-35-29-14-11-28(12-15-29,13-16-29)10-9-27(36)37)17-21(24)2-8-26(25)38-23-5-3-22(4-6-23)30(32,33)34/h1-2,7-8,17,22-23,35H,3-6,9-16,18-19H2,(H,36,37)/t22-,23+,28?,29?. The van der Waals surface area contributed by atoms with E-state index < -0.39 is 24.7 Å². The fourth-order valence-electron chi connectivity index (χ4n) is 7.03. The van der Waals surface area contributed by atoms with Crippen molar-refractivity contribution in [2.45, 2.75) is 108 Å². The molecule has 4 saturated carbocycles. The molecular formula is C30H37F4NO3. The second kappa shape index (κ2) is 10.7. The SMILES string of the molecule is O=C(O)CCC12CCC(NCc3ccc4c(CF)c(O[C@H]5CC[C@@H](C(F)(F)F)CC5)ccc4c3)(CC1)CC2. The lowest BCUT2D eigenvalue weighted by Gasteiger charge is -2.54. The van der Waals surface area contributed by atoms with Crippen LogP contribution in [0.25, 0.3) is 10.8 Å². The number of carbonyl (C=O) groups is 1. The Labute approximate surface area is 221 Å². The number of hydrogen-bond donors (Lipinski definition) is 2. The van der Waals surface area contributed by atoms with Crippen molar-refractivity contribution in [3.63, 3.8) is 0 Å². The Balaban J connectivity index is 1.21. The van der Waals surface area contributed by atoms with Crippen molar-refractivity contribution in [2.75, 3.05) is 0 Å². The summed E-state index contributed by atoms with van der Waals surface area (Å²) < 4.78 is 59.1. The third-order valence-electron chi connectivity index (χ3n) is 9.66. The molecule has 38 heavy (non-hydrogen) atoms. The van der Waals surface area contributed by atoms with E-state index in [4.69, 9.17) is 9.84 Å². The predicted molar refractivity (Wildman–Crippen MR) is 138 cm³/mol. The summed E-state index contributed by atoms with van der Waals surface area (Å²) >= 11 is 0. The number of carboxylic acid groups (broad SMARTS) is 1. The Hall–Kier alpha value is -2.35. The topological polar surface area (TPSA) is 58.6 Å². The van der Waals surface area contributed by atoms with Gasteiger partial charge in [-0.2, -0.15) is 13.2 Å². The van der Waals surface area contributed by atoms with E-state index in [1.54, 1.807) is 6.07 Å². The lowest BCUT2D eigenvalue weighted by molar-refractivity contribution is -0.185. The number of benzene rings is 2. The molecule has 0 atom stereocenters. The van der Waals surface area contributed by atoms with Gasteiger partial charge in [-0.3, -0.25) is 4.79 Å². The highest BCUT2D eigenvalue weighted by Crippen LogP contribution is 2.54. The van der Waals surface area contributed by atoms with E-state index >= 15 is 0 Å². The largest absolute Gasteiger partial charge is 0.490 e. The Kier molecular flexibility index (Phi) is 7.64. The number of ether oxygens (including phenoxy) is 1. The van der Waals surface area contributed by atoms with E-state index in [1.807, 2.05) is 18.2 Å². The van der Waals surface area contributed by atoms with Crippen LogP contribution < -0.4 is 10.1 Å². The molecule has 6 rings (SSSR count). The summed E-state index contributed by atoms with van der Waals surface area (Å²) in [4.78, 5) is 11.0. The van der Waals surface area contributed by atoms with Crippen molar-refractivity contribution < 1.29 is 32.2 Å². The minimum absolute atomic E-state index is 0.0495. The van der Waals surface area contributed by atoms with Crippen LogP contribution in [0.4, 0.5) is 17.6 Å². The fraction of sp³-hybridized carbons (Fsp3) is 0.633. The van der Waals surface area contributed by atoms with Crippen molar-refractivity contribution in [3.05, 3.63) is 41.5 Å². The average Bonchev–Trinajstić information content (AvgIpc) is 2.91. The van der Waals surface area contributed by atoms with Crippen LogP contribution in [0, 0.1) is 11.3 Å². The molecular weight excluding hydrogens is 498 g/mol. The molecule has 0 aromatic heterocycles. The summed E-state index contributed by atoms with van der Waals surface area (Å²) in [6.07, 6.45) is 3.71. The van der Waals surface area contributed by atoms with E-state index in [-0.39, 0.29) is 36.3 Å². The Morgan fingerprint density at radius 2 is 1.68 bits per heavy atom. The molecule has 0 unspecified atom stereocenters. The highest BCUT2D eigenvalue weighted by atomic mass is 19.4. The van der Waals surface area contributed by atoms with Crippen LogP contribution in [0.5, 0.6) is 5.75 Å². The van der Waals surface area contributed by atoms with Crippen molar-refractivity contribution in [2.24, 2.45) is 11.3 Å². The summed E-state index contributed by atoms with van der Waals surface area (Å²) in [7, 11) is 0. The lowest BCUT2D eigenvalue weighted by Crippen LogP contribution is -2.54. The zero-order valence-corrected chi connectivity index (χ0v) is 21.7. The van der Waals surface area contributed by atoms with Gasteiger partial charge in [-0.1, -0.05) is 18.2 Å². The third-order valence-corrected chi connectivity index (χ3v) is 9.66.